The molecule has 4 nitrogen and oxygen atoms in total. The average Bonchev–Trinajstić information content (AvgIpc) is 2.62. The molecular formula is C14H18N2O2. The van der Waals surface area contributed by atoms with E-state index in [0.29, 0.717) is 0 Å². The van der Waals surface area contributed by atoms with E-state index in [2.05, 4.69) is 12.0 Å². The summed E-state index contributed by atoms with van der Waals surface area (Å²) in [6, 6.07) is 5.92. The first kappa shape index (κ1) is 12.5. The molecule has 2 aromatic rings. The number of methoxy groups -OCH3 is 2. The van der Waals surface area contributed by atoms with Crippen LogP contribution in [-0.2, 0) is 7.05 Å². The van der Waals surface area contributed by atoms with Crippen molar-refractivity contribution in [2.24, 2.45) is 7.05 Å². The summed E-state index contributed by atoms with van der Waals surface area (Å²) in [7, 11) is 5.23. The second-order valence-corrected chi connectivity index (χ2v) is 4.24. The fourth-order valence-corrected chi connectivity index (χ4v) is 2.18. The molecule has 0 saturated carbocycles. The van der Waals surface area contributed by atoms with Crippen molar-refractivity contribution in [3.8, 4) is 22.6 Å². The molecule has 0 spiro atoms. The van der Waals surface area contributed by atoms with Gasteiger partial charge < -0.3 is 9.47 Å². The number of nitrogens with zero attached hydrogens (tertiary/aromatic N) is 2. The highest BCUT2D eigenvalue weighted by Crippen LogP contribution is 2.34. The Labute approximate surface area is 107 Å². The van der Waals surface area contributed by atoms with Gasteiger partial charge in [-0.15, -0.1) is 0 Å². The van der Waals surface area contributed by atoms with Crippen LogP contribution in [0, 0.1) is 13.8 Å². The fraction of sp³-hybridized carbons (Fsp3) is 0.357. The number of aromatic nitrogens is 2. The van der Waals surface area contributed by atoms with Crippen molar-refractivity contribution in [1.29, 1.82) is 0 Å². The molecular weight excluding hydrogens is 228 g/mol. The lowest BCUT2D eigenvalue weighted by Crippen LogP contribution is -1.93. The molecule has 4 heteroatoms. The van der Waals surface area contributed by atoms with E-state index < -0.39 is 0 Å². The van der Waals surface area contributed by atoms with Crippen molar-refractivity contribution in [2.75, 3.05) is 14.2 Å². The van der Waals surface area contributed by atoms with Crippen LogP contribution in [0.5, 0.6) is 11.5 Å². The van der Waals surface area contributed by atoms with E-state index in [0.717, 1.165) is 34.0 Å². The second kappa shape index (κ2) is 4.72. The van der Waals surface area contributed by atoms with Crippen LogP contribution in [0.1, 0.15) is 11.4 Å². The molecule has 0 aliphatic carbocycles. The number of benzene rings is 1. The molecule has 1 aromatic heterocycles. The lowest BCUT2D eigenvalue weighted by Gasteiger charge is -2.10. The molecule has 0 aliphatic heterocycles. The largest absolute Gasteiger partial charge is 0.493 e. The normalized spacial score (nSPS) is 10.5. The Morgan fingerprint density at radius 2 is 1.72 bits per heavy atom. The molecule has 2 rings (SSSR count). The van der Waals surface area contributed by atoms with Gasteiger partial charge in [0.15, 0.2) is 11.5 Å². The molecule has 1 aromatic carbocycles. The maximum atomic E-state index is 5.33. The van der Waals surface area contributed by atoms with Gasteiger partial charge in [-0.2, -0.15) is 5.10 Å². The Balaban J connectivity index is 2.58. The van der Waals surface area contributed by atoms with Crippen molar-refractivity contribution in [1.82, 2.24) is 9.78 Å². The molecule has 0 radical (unpaired) electrons. The number of aryl methyl sites for hydroxylation is 2. The van der Waals surface area contributed by atoms with Crippen LogP contribution in [0.2, 0.25) is 0 Å². The van der Waals surface area contributed by atoms with Crippen LogP contribution >= 0.6 is 0 Å². The maximum absolute atomic E-state index is 5.33. The second-order valence-electron chi connectivity index (χ2n) is 4.24. The van der Waals surface area contributed by atoms with E-state index in [1.54, 1.807) is 14.2 Å². The summed E-state index contributed by atoms with van der Waals surface area (Å²) < 4.78 is 12.5. The van der Waals surface area contributed by atoms with Crippen LogP contribution in [0.3, 0.4) is 0 Å². The Morgan fingerprint density at radius 3 is 2.22 bits per heavy atom. The minimum atomic E-state index is 0.734. The molecule has 0 bridgehead atoms. The quantitative estimate of drug-likeness (QED) is 0.835. The molecule has 0 amide bonds. The summed E-state index contributed by atoms with van der Waals surface area (Å²) in [6.07, 6.45) is 0. The molecule has 0 aliphatic rings. The van der Waals surface area contributed by atoms with Gasteiger partial charge in [0.25, 0.3) is 0 Å². The Morgan fingerprint density at radius 1 is 1.06 bits per heavy atom. The highest BCUT2D eigenvalue weighted by Gasteiger charge is 2.13. The summed E-state index contributed by atoms with van der Waals surface area (Å²) in [5, 5.41) is 4.43. The fourth-order valence-electron chi connectivity index (χ4n) is 2.18. The van der Waals surface area contributed by atoms with Gasteiger partial charge >= 0.3 is 0 Å². The van der Waals surface area contributed by atoms with Gasteiger partial charge in [0.05, 0.1) is 19.9 Å². The number of rotatable bonds is 3. The predicted molar refractivity (Wildman–Crippen MR) is 71.2 cm³/mol. The smallest absolute Gasteiger partial charge is 0.161 e. The van der Waals surface area contributed by atoms with Crippen molar-refractivity contribution in [3.05, 3.63) is 29.6 Å². The summed E-state index contributed by atoms with van der Waals surface area (Å²) >= 11 is 0. The van der Waals surface area contributed by atoms with Gasteiger partial charge in [-0.1, -0.05) is 6.07 Å². The number of ether oxygens (including phenoxy) is 2. The molecule has 96 valence electrons. The van der Waals surface area contributed by atoms with Crippen LogP contribution in [0.25, 0.3) is 11.1 Å². The molecule has 18 heavy (non-hydrogen) atoms. The molecule has 0 fully saturated rings. The van der Waals surface area contributed by atoms with Gasteiger partial charge in [0, 0.05) is 18.3 Å². The molecule has 0 saturated heterocycles. The number of hydrogen-bond acceptors (Lipinski definition) is 3. The molecule has 0 N–H and O–H groups in total. The summed E-state index contributed by atoms with van der Waals surface area (Å²) in [4.78, 5) is 0. The predicted octanol–water partition coefficient (Wildman–Crippen LogP) is 2.72. The average molecular weight is 246 g/mol. The van der Waals surface area contributed by atoms with Crippen molar-refractivity contribution < 1.29 is 9.47 Å². The zero-order chi connectivity index (χ0) is 13.3. The minimum Gasteiger partial charge on any atom is -0.493 e. The van der Waals surface area contributed by atoms with Gasteiger partial charge in [0.2, 0.25) is 0 Å². The molecule has 1 heterocycles. The summed E-state index contributed by atoms with van der Waals surface area (Å²) in [5.41, 5.74) is 4.40. The Bertz CT molecular complexity index is 573. The van der Waals surface area contributed by atoms with Gasteiger partial charge in [-0.25, -0.2) is 0 Å². The van der Waals surface area contributed by atoms with E-state index >= 15 is 0 Å². The minimum absolute atomic E-state index is 0.734. The first-order chi connectivity index (χ1) is 8.58. The van der Waals surface area contributed by atoms with Crippen molar-refractivity contribution in [2.45, 2.75) is 13.8 Å². The third-order valence-electron chi connectivity index (χ3n) is 3.18. The zero-order valence-corrected chi connectivity index (χ0v) is 11.4. The Hall–Kier alpha value is -1.97. The lowest BCUT2D eigenvalue weighted by molar-refractivity contribution is 0.355. The summed E-state index contributed by atoms with van der Waals surface area (Å²) in [5.74, 6) is 1.47. The summed E-state index contributed by atoms with van der Waals surface area (Å²) in [6.45, 7) is 4.07. The van der Waals surface area contributed by atoms with Gasteiger partial charge in [0.1, 0.15) is 0 Å². The standard InChI is InChI=1S/C14H18N2O2/c1-9-14(10(2)16(3)15-9)11-6-7-12(17-4)13(8-11)18-5/h6-8H,1-5H3. The highest BCUT2D eigenvalue weighted by molar-refractivity contribution is 5.71. The first-order valence-corrected chi connectivity index (χ1v) is 5.81. The van der Waals surface area contributed by atoms with Crippen LogP contribution in [-0.4, -0.2) is 24.0 Å². The molecule has 0 atom stereocenters. The SMILES string of the molecule is COc1ccc(-c2c(C)nn(C)c2C)cc1OC. The topological polar surface area (TPSA) is 36.3 Å². The van der Waals surface area contributed by atoms with Crippen LogP contribution in [0.4, 0.5) is 0 Å². The van der Waals surface area contributed by atoms with Gasteiger partial charge in [-0.3, -0.25) is 4.68 Å². The maximum Gasteiger partial charge on any atom is 0.161 e. The third kappa shape index (κ3) is 1.94. The van der Waals surface area contributed by atoms with Crippen LogP contribution < -0.4 is 9.47 Å². The van der Waals surface area contributed by atoms with Crippen molar-refractivity contribution in [3.63, 3.8) is 0 Å². The van der Waals surface area contributed by atoms with E-state index in [1.807, 2.05) is 36.9 Å². The third-order valence-corrected chi connectivity index (χ3v) is 3.18. The Kier molecular flexibility index (Phi) is 3.28. The zero-order valence-electron chi connectivity index (χ0n) is 11.4. The van der Waals surface area contributed by atoms with Gasteiger partial charge in [-0.05, 0) is 31.5 Å². The van der Waals surface area contributed by atoms with E-state index in [4.69, 9.17) is 9.47 Å². The van der Waals surface area contributed by atoms with Crippen molar-refractivity contribution >= 4 is 0 Å². The van der Waals surface area contributed by atoms with E-state index in [-0.39, 0.29) is 0 Å². The van der Waals surface area contributed by atoms with E-state index in [9.17, 15) is 0 Å². The monoisotopic (exact) mass is 246 g/mol. The van der Waals surface area contributed by atoms with E-state index in [1.165, 1.54) is 0 Å². The number of hydrogen-bond donors (Lipinski definition) is 0. The first-order valence-electron chi connectivity index (χ1n) is 5.81. The lowest BCUT2D eigenvalue weighted by atomic mass is 10.0. The molecule has 0 unspecified atom stereocenters. The highest BCUT2D eigenvalue weighted by atomic mass is 16.5. The van der Waals surface area contributed by atoms with Crippen LogP contribution in [0.15, 0.2) is 18.2 Å².